The Morgan fingerprint density at radius 2 is 2.39 bits per heavy atom. The van der Waals surface area contributed by atoms with Crippen molar-refractivity contribution in [1.82, 2.24) is 4.98 Å². The van der Waals surface area contributed by atoms with Gasteiger partial charge in [-0.2, -0.15) is 0 Å². The lowest BCUT2D eigenvalue weighted by Crippen LogP contribution is -2.03. The maximum absolute atomic E-state index is 13.4. The predicted molar refractivity (Wildman–Crippen MR) is 70.1 cm³/mol. The first kappa shape index (κ1) is 13.0. The van der Waals surface area contributed by atoms with Gasteiger partial charge in [-0.3, -0.25) is 4.79 Å². The molecular weight excluding hydrogens is 273 g/mol. The van der Waals surface area contributed by atoms with E-state index >= 15 is 0 Å². The Bertz CT molecular complexity index is 543. The third kappa shape index (κ3) is 3.08. The number of thioether (sulfide) groups is 1. The molecule has 1 heterocycles. The molecule has 0 radical (unpaired) electrons. The third-order valence-corrected chi connectivity index (χ3v) is 4.18. The number of nitrogens with zero attached hydrogens (tertiary/aromatic N) is 1. The van der Waals surface area contributed by atoms with E-state index in [2.05, 4.69) is 4.98 Å². The molecule has 18 heavy (non-hydrogen) atoms. The summed E-state index contributed by atoms with van der Waals surface area (Å²) in [5, 5.41) is 1.85. The van der Waals surface area contributed by atoms with Gasteiger partial charge in [-0.1, -0.05) is 11.8 Å². The summed E-state index contributed by atoms with van der Waals surface area (Å²) in [4.78, 5) is 15.9. The second-order valence-corrected chi connectivity index (χ2v) is 5.48. The van der Waals surface area contributed by atoms with E-state index in [4.69, 9.17) is 4.74 Å². The molecule has 0 N–H and O–H groups in total. The number of thiazole rings is 1. The molecule has 0 saturated carbocycles. The Labute approximate surface area is 112 Å². The van der Waals surface area contributed by atoms with Crippen LogP contribution in [0.15, 0.2) is 34.1 Å². The molecule has 1 aromatic carbocycles. The second kappa shape index (κ2) is 5.97. The maximum Gasteiger partial charge on any atom is 0.173 e. The molecule has 6 heteroatoms. The summed E-state index contributed by atoms with van der Waals surface area (Å²) < 4.78 is 19.1. The molecule has 2 rings (SSSR count). The van der Waals surface area contributed by atoms with Gasteiger partial charge in [0.2, 0.25) is 0 Å². The number of halogens is 1. The van der Waals surface area contributed by atoms with Crippen molar-refractivity contribution in [3.05, 3.63) is 41.2 Å². The van der Waals surface area contributed by atoms with Crippen LogP contribution in [-0.2, 0) is 0 Å². The van der Waals surface area contributed by atoms with Gasteiger partial charge in [-0.05, 0) is 18.2 Å². The van der Waals surface area contributed by atoms with Crippen molar-refractivity contribution in [2.75, 3.05) is 12.9 Å². The van der Waals surface area contributed by atoms with Crippen LogP contribution in [0.3, 0.4) is 0 Å². The number of benzene rings is 1. The number of ketones is 1. The largest absolute Gasteiger partial charge is 0.494 e. The molecular formula is C12H10FNO2S2. The van der Waals surface area contributed by atoms with Crippen LogP contribution in [0.5, 0.6) is 5.75 Å². The van der Waals surface area contributed by atoms with Gasteiger partial charge < -0.3 is 4.74 Å². The van der Waals surface area contributed by atoms with Crippen LogP contribution in [-0.4, -0.2) is 23.6 Å². The first-order chi connectivity index (χ1) is 8.70. The molecule has 94 valence electrons. The van der Waals surface area contributed by atoms with Gasteiger partial charge in [-0.15, -0.1) is 11.3 Å². The Morgan fingerprint density at radius 1 is 1.56 bits per heavy atom. The smallest absolute Gasteiger partial charge is 0.173 e. The van der Waals surface area contributed by atoms with Crippen LogP contribution >= 0.6 is 23.1 Å². The van der Waals surface area contributed by atoms with Crippen LogP contribution in [0.2, 0.25) is 0 Å². The predicted octanol–water partition coefficient (Wildman–Crippen LogP) is 3.27. The molecule has 0 spiro atoms. The quantitative estimate of drug-likeness (QED) is 0.623. The van der Waals surface area contributed by atoms with Crippen molar-refractivity contribution in [1.29, 1.82) is 0 Å². The minimum atomic E-state index is -0.525. The summed E-state index contributed by atoms with van der Waals surface area (Å²) in [5.74, 6) is -0.266. The molecule has 0 fully saturated rings. The first-order valence-corrected chi connectivity index (χ1v) is 6.96. The molecule has 0 aliphatic rings. The van der Waals surface area contributed by atoms with Crippen molar-refractivity contribution in [3.8, 4) is 5.75 Å². The number of hydrogen-bond acceptors (Lipinski definition) is 5. The summed E-state index contributed by atoms with van der Waals surface area (Å²) in [6, 6.07) is 4.22. The molecule has 0 amide bonds. The fraction of sp³-hybridized carbons (Fsp3) is 0.167. The standard InChI is InChI=1S/C12H10FNO2S2/c1-16-11-3-2-8(6-9(11)13)10(15)7-18-12-14-4-5-17-12/h2-6H,7H2,1H3. The number of methoxy groups -OCH3 is 1. The average Bonchev–Trinajstić information content (AvgIpc) is 2.89. The zero-order valence-corrected chi connectivity index (χ0v) is 11.2. The molecule has 0 atom stereocenters. The monoisotopic (exact) mass is 283 g/mol. The maximum atomic E-state index is 13.4. The van der Waals surface area contributed by atoms with Gasteiger partial charge in [0.15, 0.2) is 17.3 Å². The fourth-order valence-corrected chi connectivity index (χ4v) is 2.86. The van der Waals surface area contributed by atoms with Gasteiger partial charge in [-0.25, -0.2) is 9.37 Å². The first-order valence-electron chi connectivity index (χ1n) is 5.09. The van der Waals surface area contributed by atoms with E-state index in [0.29, 0.717) is 5.56 Å². The normalized spacial score (nSPS) is 10.3. The summed E-state index contributed by atoms with van der Waals surface area (Å²) in [6.07, 6.45) is 1.69. The summed E-state index contributed by atoms with van der Waals surface area (Å²) in [6.45, 7) is 0. The van der Waals surface area contributed by atoms with E-state index in [0.717, 1.165) is 4.34 Å². The van der Waals surface area contributed by atoms with E-state index in [1.807, 2.05) is 5.38 Å². The number of aromatic nitrogens is 1. The highest BCUT2D eigenvalue weighted by molar-refractivity contribution is 8.01. The van der Waals surface area contributed by atoms with Crippen molar-refractivity contribution in [3.63, 3.8) is 0 Å². The molecule has 0 unspecified atom stereocenters. The zero-order chi connectivity index (χ0) is 13.0. The van der Waals surface area contributed by atoms with E-state index < -0.39 is 5.82 Å². The van der Waals surface area contributed by atoms with E-state index in [1.165, 1.54) is 42.3 Å². The second-order valence-electron chi connectivity index (χ2n) is 3.36. The highest BCUT2D eigenvalue weighted by atomic mass is 32.2. The van der Waals surface area contributed by atoms with Gasteiger partial charge in [0.1, 0.15) is 4.34 Å². The molecule has 0 bridgehead atoms. The van der Waals surface area contributed by atoms with Crippen molar-refractivity contribution >= 4 is 28.9 Å². The van der Waals surface area contributed by atoms with E-state index in [-0.39, 0.29) is 17.3 Å². The van der Waals surface area contributed by atoms with Gasteiger partial charge in [0, 0.05) is 17.1 Å². The van der Waals surface area contributed by atoms with Crippen molar-refractivity contribution < 1.29 is 13.9 Å². The van der Waals surface area contributed by atoms with Crippen LogP contribution in [0.25, 0.3) is 0 Å². The number of Topliss-reactive ketones (excluding diaryl/α,β-unsaturated/α-hetero) is 1. The topological polar surface area (TPSA) is 39.2 Å². The number of hydrogen-bond donors (Lipinski definition) is 0. The number of ether oxygens (including phenoxy) is 1. The van der Waals surface area contributed by atoms with E-state index in [9.17, 15) is 9.18 Å². The molecule has 0 aliphatic carbocycles. The molecule has 1 aromatic heterocycles. The summed E-state index contributed by atoms with van der Waals surface area (Å²) in [7, 11) is 1.39. The Kier molecular flexibility index (Phi) is 4.33. The van der Waals surface area contributed by atoms with Crippen molar-refractivity contribution in [2.24, 2.45) is 0 Å². The number of carbonyl (C=O) groups is 1. The SMILES string of the molecule is COc1ccc(C(=O)CSc2nccs2)cc1F. The average molecular weight is 283 g/mol. The Morgan fingerprint density at radius 3 is 3.00 bits per heavy atom. The minimum Gasteiger partial charge on any atom is -0.494 e. The Balaban J connectivity index is 2.02. The zero-order valence-electron chi connectivity index (χ0n) is 9.55. The van der Waals surface area contributed by atoms with Crippen LogP contribution in [0.1, 0.15) is 10.4 Å². The molecule has 3 nitrogen and oxygen atoms in total. The number of rotatable bonds is 5. The fourth-order valence-electron chi connectivity index (χ4n) is 1.33. The van der Waals surface area contributed by atoms with Gasteiger partial charge in [0.05, 0.1) is 12.9 Å². The molecule has 0 aliphatic heterocycles. The van der Waals surface area contributed by atoms with Crippen LogP contribution < -0.4 is 4.74 Å². The lowest BCUT2D eigenvalue weighted by Gasteiger charge is -2.04. The Hall–Kier alpha value is -1.40. The van der Waals surface area contributed by atoms with Gasteiger partial charge in [0.25, 0.3) is 0 Å². The lowest BCUT2D eigenvalue weighted by atomic mass is 10.1. The number of carbonyl (C=O) groups excluding carboxylic acids is 1. The summed E-state index contributed by atoms with van der Waals surface area (Å²) >= 11 is 2.82. The summed E-state index contributed by atoms with van der Waals surface area (Å²) in [5.41, 5.74) is 0.345. The minimum absolute atomic E-state index is 0.128. The van der Waals surface area contributed by atoms with Crippen LogP contribution in [0.4, 0.5) is 4.39 Å². The van der Waals surface area contributed by atoms with Gasteiger partial charge >= 0.3 is 0 Å². The highest BCUT2D eigenvalue weighted by Crippen LogP contribution is 2.23. The van der Waals surface area contributed by atoms with E-state index in [1.54, 1.807) is 12.3 Å². The van der Waals surface area contributed by atoms with Crippen LogP contribution in [0, 0.1) is 5.82 Å². The molecule has 2 aromatic rings. The highest BCUT2D eigenvalue weighted by Gasteiger charge is 2.11. The van der Waals surface area contributed by atoms with Crippen molar-refractivity contribution in [2.45, 2.75) is 4.34 Å². The molecule has 0 saturated heterocycles. The lowest BCUT2D eigenvalue weighted by molar-refractivity contribution is 0.102. The third-order valence-electron chi connectivity index (χ3n) is 2.21.